The van der Waals surface area contributed by atoms with Crippen LogP contribution in [0.5, 0.6) is 0 Å². The van der Waals surface area contributed by atoms with Crippen molar-refractivity contribution < 1.29 is 4.74 Å². The Balaban J connectivity index is 1.81. The number of rotatable bonds is 3. The molecule has 2 aliphatic heterocycles. The van der Waals surface area contributed by atoms with E-state index in [0.717, 1.165) is 12.6 Å². The highest BCUT2D eigenvalue weighted by molar-refractivity contribution is 4.87. The maximum absolute atomic E-state index is 5.61. The fourth-order valence-corrected chi connectivity index (χ4v) is 2.85. The molecule has 3 heteroatoms. The van der Waals surface area contributed by atoms with E-state index in [4.69, 9.17) is 4.74 Å². The van der Waals surface area contributed by atoms with Gasteiger partial charge in [-0.1, -0.05) is 0 Å². The van der Waals surface area contributed by atoms with Crippen LogP contribution in [0.25, 0.3) is 0 Å². The Morgan fingerprint density at radius 3 is 3.00 bits per heavy atom. The Labute approximate surface area is 93.2 Å². The highest BCUT2D eigenvalue weighted by atomic mass is 16.5. The molecule has 0 aliphatic carbocycles. The van der Waals surface area contributed by atoms with Gasteiger partial charge in [-0.25, -0.2) is 0 Å². The van der Waals surface area contributed by atoms with Crippen LogP contribution < -0.4 is 5.32 Å². The van der Waals surface area contributed by atoms with Crippen molar-refractivity contribution in [3.8, 4) is 0 Å². The van der Waals surface area contributed by atoms with Gasteiger partial charge in [0, 0.05) is 26.2 Å². The second-order valence-corrected chi connectivity index (χ2v) is 5.29. The lowest BCUT2D eigenvalue weighted by atomic mass is 9.94. The van der Waals surface area contributed by atoms with Crippen molar-refractivity contribution in [2.24, 2.45) is 0 Å². The Hall–Kier alpha value is -0.120. The van der Waals surface area contributed by atoms with Gasteiger partial charge < -0.3 is 10.1 Å². The highest BCUT2D eigenvalue weighted by Crippen LogP contribution is 2.24. The van der Waals surface area contributed by atoms with Crippen LogP contribution in [0, 0.1) is 0 Å². The topological polar surface area (TPSA) is 24.5 Å². The first-order valence-corrected chi connectivity index (χ1v) is 6.23. The Morgan fingerprint density at radius 1 is 1.47 bits per heavy atom. The summed E-state index contributed by atoms with van der Waals surface area (Å²) in [5.74, 6) is 0. The number of likely N-dealkylation sites (tertiary alicyclic amines) is 1. The molecule has 0 aromatic heterocycles. The van der Waals surface area contributed by atoms with E-state index in [1.807, 2.05) is 7.11 Å². The fourth-order valence-electron chi connectivity index (χ4n) is 2.85. The predicted molar refractivity (Wildman–Crippen MR) is 62.1 cm³/mol. The van der Waals surface area contributed by atoms with Crippen LogP contribution in [-0.2, 0) is 4.74 Å². The fraction of sp³-hybridized carbons (Fsp3) is 1.00. The van der Waals surface area contributed by atoms with Crippen molar-refractivity contribution in [2.45, 2.75) is 44.2 Å². The molecule has 0 bridgehead atoms. The molecule has 1 unspecified atom stereocenters. The molecule has 0 aromatic rings. The standard InChI is InChI=1S/C12H24N2O/c1-12(15-2)6-4-8-14(10-12)9-11-5-3-7-13-11/h11,13H,3-10H2,1-2H3/t11-,12?/m1/s1. The second-order valence-electron chi connectivity index (χ2n) is 5.29. The maximum Gasteiger partial charge on any atom is 0.0777 e. The number of piperidine rings is 1. The molecular weight excluding hydrogens is 188 g/mol. The van der Waals surface area contributed by atoms with E-state index in [9.17, 15) is 0 Å². The highest BCUT2D eigenvalue weighted by Gasteiger charge is 2.31. The summed E-state index contributed by atoms with van der Waals surface area (Å²) in [4.78, 5) is 2.57. The first-order chi connectivity index (χ1) is 7.22. The SMILES string of the molecule is COC1(C)CCCN(C[C@H]2CCCN2)C1. The van der Waals surface area contributed by atoms with Crippen LogP contribution >= 0.6 is 0 Å². The van der Waals surface area contributed by atoms with Crippen LogP contribution in [0.4, 0.5) is 0 Å². The minimum atomic E-state index is 0.0941. The summed E-state index contributed by atoms with van der Waals surface area (Å²) in [5.41, 5.74) is 0.0941. The number of ether oxygens (including phenoxy) is 1. The smallest absolute Gasteiger partial charge is 0.0777 e. The van der Waals surface area contributed by atoms with Gasteiger partial charge in [-0.05, 0) is 45.7 Å². The Morgan fingerprint density at radius 2 is 2.33 bits per heavy atom. The molecule has 2 heterocycles. The number of methoxy groups -OCH3 is 1. The van der Waals surface area contributed by atoms with Crippen molar-refractivity contribution in [2.75, 3.05) is 33.3 Å². The lowest BCUT2D eigenvalue weighted by Gasteiger charge is -2.40. The van der Waals surface area contributed by atoms with Gasteiger partial charge in [-0.3, -0.25) is 4.90 Å². The normalized spacial score (nSPS) is 38.4. The first kappa shape index (κ1) is 11.4. The molecule has 2 atom stereocenters. The first-order valence-electron chi connectivity index (χ1n) is 6.23. The van der Waals surface area contributed by atoms with Gasteiger partial charge in [0.05, 0.1) is 5.60 Å². The lowest BCUT2D eigenvalue weighted by molar-refractivity contribution is -0.0519. The van der Waals surface area contributed by atoms with Crippen molar-refractivity contribution in [3.63, 3.8) is 0 Å². The zero-order chi connectivity index (χ0) is 10.7. The third-order valence-electron chi connectivity index (χ3n) is 3.87. The molecule has 0 radical (unpaired) electrons. The van der Waals surface area contributed by atoms with E-state index in [2.05, 4.69) is 17.1 Å². The summed E-state index contributed by atoms with van der Waals surface area (Å²) in [6.07, 6.45) is 5.18. The van der Waals surface area contributed by atoms with Gasteiger partial charge in [0.25, 0.3) is 0 Å². The molecule has 2 rings (SSSR count). The largest absolute Gasteiger partial charge is 0.377 e. The van der Waals surface area contributed by atoms with Crippen LogP contribution in [0.1, 0.15) is 32.6 Å². The summed E-state index contributed by atoms with van der Waals surface area (Å²) in [6, 6.07) is 0.726. The van der Waals surface area contributed by atoms with Crippen LogP contribution in [0.3, 0.4) is 0 Å². The molecule has 0 saturated carbocycles. The van der Waals surface area contributed by atoms with E-state index in [0.29, 0.717) is 0 Å². The van der Waals surface area contributed by atoms with Gasteiger partial charge in [0.2, 0.25) is 0 Å². The van der Waals surface area contributed by atoms with E-state index in [1.54, 1.807) is 0 Å². The molecule has 3 nitrogen and oxygen atoms in total. The zero-order valence-electron chi connectivity index (χ0n) is 10.1. The third kappa shape index (κ3) is 2.92. The molecule has 2 aliphatic rings. The number of nitrogens with one attached hydrogen (secondary N) is 1. The third-order valence-corrected chi connectivity index (χ3v) is 3.87. The molecule has 0 aromatic carbocycles. The zero-order valence-corrected chi connectivity index (χ0v) is 10.1. The molecule has 1 N–H and O–H groups in total. The Bertz CT molecular complexity index is 204. The maximum atomic E-state index is 5.61. The lowest BCUT2D eigenvalue weighted by Crippen LogP contribution is -2.50. The molecule has 88 valence electrons. The quantitative estimate of drug-likeness (QED) is 0.762. The minimum absolute atomic E-state index is 0.0941. The van der Waals surface area contributed by atoms with Gasteiger partial charge in [-0.15, -0.1) is 0 Å². The number of hydrogen-bond acceptors (Lipinski definition) is 3. The molecule has 0 amide bonds. The van der Waals surface area contributed by atoms with Gasteiger partial charge >= 0.3 is 0 Å². The van der Waals surface area contributed by atoms with Crippen molar-refractivity contribution >= 4 is 0 Å². The average molecular weight is 212 g/mol. The van der Waals surface area contributed by atoms with E-state index < -0.39 is 0 Å². The molecule has 0 spiro atoms. The predicted octanol–water partition coefficient (Wildman–Crippen LogP) is 1.24. The monoisotopic (exact) mass is 212 g/mol. The summed E-state index contributed by atoms with van der Waals surface area (Å²) in [5, 5.41) is 3.57. The molecule has 2 fully saturated rings. The van der Waals surface area contributed by atoms with Gasteiger partial charge in [0.15, 0.2) is 0 Å². The van der Waals surface area contributed by atoms with Crippen LogP contribution in [0.15, 0.2) is 0 Å². The van der Waals surface area contributed by atoms with Crippen molar-refractivity contribution in [3.05, 3.63) is 0 Å². The van der Waals surface area contributed by atoms with Gasteiger partial charge in [-0.2, -0.15) is 0 Å². The second kappa shape index (κ2) is 4.81. The minimum Gasteiger partial charge on any atom is -0.377 e. The average Bonchev–Trinajstić information content (AvgIpc) is 2.71. The van der Waals surface area contributed by atoms with E-state index in [1.165, 1.54) is 45.3 Å². The number of nitrogens with zero attached hydrogens (tertiary/aromatic N) is 1. The summed E-state index contributed by atoms with van der Waals surface area (Å²) in [7, 11) is 1.84. The Kier molecular flexibility index (Phi) is 3.65. The summed E-state index contributed by atoms with van der Waals surface area (Å²) < 4.78 is 5.61. The van der Waals surface area contributed by atoms with Crippen LogP contribution in [-0.4, -0.2) is 49.8 Å². The summed E-state index contributed by atoms with van der Waals surface area (Å²) in [6.45, 7) is 7.00. The van der Waals surface area contributed by atoms with Crippen LogP contribution in [0.2, 0.25) is 0 Å². The molecule has 15 heavy (non-hydrogen) atoms. The van der Waals surface area contributed by atoms with Gasteiger partial charge in [0.1, 0.15) is 0 Å². The van der Waals surface area contributed by atoms with E-state index in [-0.39, 0.29) is 5.60 Å². The molecular formula is C12H24N2O. The summed E-state index contributed by atoms with van der Waals surface area (Å²) >= 11 is 0. The van der Waals surface area contributed by atoms with Crippen molar-refractivity contribution in [1.82, 2.24) is 10.2 Å². The molecule has 2 saturated heterocycles. The van der Waals surface area contributed by atoms with Crippen molar-refractivity contribution in [1.29, 1.82) is 0 Å². The number of hydrogen-bond donors (Lipinski definition) is 1. The van der Waals surface area contributed by atoms with E-state index >= 15 is 0 Å².